The third kappa shape index (κ3) is 2.75. The molecule has 0 aliphatic heterocycles. The van der Waals surface area contributed by atoms with Crippen molar-refractivity contribution in [3.8, 4) is 0 Å². The van der Waals surface area contributed by atoms with Crippen LogP contribution in [0.3, 0.4) is 0 Å². The van der Waals surface area contributed by atoms with Crippen LogP contribution >= 0.6 is 0 Å². The molecule has 1 heteroatoms. The summed E-state index contributed by atoms with van der Waals surface area (Å²) < 4.78 is 0. The molecule has 0 nitrogen and oxygen atoms in total. The zero-order chi connectivity index (χ0) is 3.54. The van der Waals surface area contributed by atoms with Crippen LogP contribution in [0.1, 0.15) is 25.7 Å². The molecular formula is C5H10K. The molecular weight excluding hydrogens is 99.2 g/mol. The summed E-state index contributed by atoms with van der Waals surface area (Å²) in [7, 11) is 0. The molecule has 1 aliphatic carbocycles. The molecule has 1 rings (SSSR count). The Morgan fingerprint density at radius 3 is 1.67 bits per heavy atom. The Kier molecular flexibility index (Phi) is 6.09. The molecule has 1 aliphatic rings. The fourth-order valence-corrected chi connectivity index (χ4v) is 0.722. The number of hydrogen-bond donors (Lipinski definition) is 0. The van der Waals surface area contributed by atoms with E-state index in [-0.39, 0.29) is 51.4 Å². The summed E-state index contributed by atoms with van der Waals surface area (Å²) in [6, 6.07) is 0. The normalized spacial score (nSPS) is 20.0. The Balaban J connectivity index is 0.000000250. The van der Waals surface area contributed by atoms with Crippen molar-refractivity contribution in [2.75, 3.05) is 0 Å². The number of rotatable bonds is 0. The van der Waals surface area contributed by atoms with Crippen molar-refractivity contribution in [3.05, 3.63) is 6.42 Å². The van der Waals surface area contributed by atoms with E-state index in [9.17, 15) is 0 Å². The second-order valence-electron chi connectivity index (χ2n) is 1.57. The van der Waals surface area contributed by atoms with E-state index in [0.29, 0.717) is 0 Å². The van der Waals surface area contributed by atoms with Gasteiger partial charge in [0.25, 0.3) is 0 Å². The standard InChI is InChI=1S/C5H9.K.H/c1-2-4-5-3-1;;/h1H,2-5H2;;. The SMILES string of the molecule is [CH]1CCCC1.[KH]. The molecule has 0 spiro atoms. The first-order valence-electron chi connectivity index (χ1n) is 2.32. The van der Waals surface area contributed by atoms with Crippen molar-refractivity contribution in [2.45, 2.75) is 25.7 Å². The van der Waals surface area contributed by atoms with E-state index in [1.165, 1.54) is 25.7 Å². The zero-order valence-corrected chi connectivity index (χ0v) is 3.41. The average molecular weight is 109 g/mol. The first-order chi connectivity index (χ1) is 2.50. The summed E-state index contributed by atoms with van der Waals surface area (Å²) in [5, 5.41) is 0. The van der Waals surface area contributed by atoms with Crippen molar-refractivity contribution in [3.63, 3.8) is 0 Å². The fourth-order valence-electron chi connectivity index (χ4n) is 0.722. The monoisotopic (exact) mass is 109 g/mol. The molecule has 0 aromatic carbocycles. The molecule has 0 saturated heterocycles. The summed E-state index contributed by atoms with van der Waals surface area (Å²) in [4.78, 5) is 0. The van der Waals surface area contributed by atoms with Gasteiger partial charge in [0, 0.05) is 0 Å². The molecule has 0 aromatic rings. The topological polar surface area (TPSA) is 0 Å². The van der Waals surface area contributed by atoms with Crippen molar-refractivity contribution < 1.29 is 0 Å². The second kappa shape index (κ2) is 4.79. The summed E-state index contributed by atoms with van der Waals surface area (Å²) in [5.41, 5.74) is 0. The minimum atomic E-state index is 0. The Morgan fingerprint density at radius 2 is 1.50 bits per heavy atom. The predicted octanol–water partition coefficient (Wildman–Crippen LogP) is 1.12. The van der Waals surface area contributed by atoms with Crippen LogP contribution < -0.4 is 0 Å². The summed E-state index contributed by atoms with van der Waals surface area (Å²) >= 11 is 0. The van der Waals surface area contributed by atoms with E-state index in [0.717, 1.165) is 0 Å². The third-order valence-electron chi connectivity index (χ3n) is 1.07. The van der Waals surface area contributed by atoms with Gasteiger partial charge >= 0.3 is 51.4 Å². The average Bonchev–Trinajstić information content (AvgIpc) is 1.76. The van der Waals surface area contributed by atoms with Crippen LogP contribution in [0.2, 0.25) is 0 Å². The first-order valence-corrected chi connectivity index (χ1v) is 2.32. The van der Waals surface area contributed by atoms with Gasteiger partial charge in [-0.3, -0.25) is 0 Å². The van der Waals surface area contributed by atoms with Gasteiger partial charge in [0.05, 0.1) is 0 Å². The molecule has 0 atom stereocenters. The van der Waals surface area contributed by atoms with Crippen LogP contribution in [0.15, 0.2) is 0 Å². The molecule has 0 bridgehead atoms. The maximum absolute atomic E-state index is 2.36. The van der Waals surface area contributed by atoms with E-state index in [4.69, 9.17) is 0 Å². The van der Waals surface area contributed by atoms with E-state index >= 15 is 0 Å². The first kappa shape index (κ1) is 7.64. The number of hydrogen-bond acceptors (Lipinski definition) is 0. The van der Waals surface area contributed by atoms with Crippen LogP contribution in [0.4, 0.5) is 0 Å². The Morgan fingerprint density at radius 1 is 1.00 bits per heavy atom. The van der Waals surface area contributed by atoms with Gasteiger partial charge in [-0.2, -0.15) is 0 Å². The molecule has 6 heavy (non-hydrogen) atoms. The quantitative estimate of drug-likeness (QED) is 0.409. The van der Waals surface area contributed by atoms with Gasteiger partial charge in [0.1, 0.15) is 0 Å². The molecule has 0 heterocycles. The maximum atomic E-state index is 2.36. The van der Waals surface area contributed by atoms with Gasteiger partial charge in [-0.05, 0) is 6.42 Å². The Hall–Kier alpha value is 1.64. The second-order valence-corrected chi connectivity index (χ2v) is 1.57. The van der Waals surface area contributed by atoms with Crippen molar-refractivity contribution in [1.82, 2.24) is 0 Å². The van der Waals surface area contributed by atoms with E-state index in [2.05, 4.69) is 6.42 Å². The molecule has 0 aromatic heterocycles. The fraction of sp³-hybridized carbons (Fsp3) is 0.800. The van der Waals surface area contributed by atoms with Gasteiger partial charge in [-0.25, -0.2) is 0 Å². The molecule has 1 saturated carbocycles. The van der Waals surface area contributed by atoms with Crippen molar-refractivity contribution in [2.24, 2.45) is 0 Å². The van der Waals surface area contributed by atoms with Gasteiger partial charge < -0.3 is 0 Å². The van der Waals surface area contributed by atoms with Crippen LogP contribution in [-0.4, -0.2) is 51.4 Å². The zero-order valence-electron chi connectivity index (χ0n) is 3.41. The predicted molar refractivity (Wildman–Crippen MR) is 29.9 cm³/mol. The van der Waals surface area contributed by atoms with Crippen LogP contribution in [0.25, 0.3) is 0 Å². The van der Waals surface area contributed by atoms with Crippen LogP contribution in [-0.2, 0) is 0 Å². The van der Waals surface area contributed by atoms with Gasteiger partial charge in [-0.15, -0.1) is 0 Å². The summed E-state index contributed by atoms with van der Waals surface area (Å²) in [6.45, 7) is 0. The Bertz CT molecular complexity index is 15.5. The molecule has 1 fully saturated rings. The van der Waals surface area contributed by atoms with Crippen LogP contribution in [0.5, 0.6) is 0 Å². The summed E-state index contributed by atoms with van der Waals surface area (Å²) in [5.74, 6) is 0. The van der Waals surface area contributed by atoms with Crippen LogP contribution in [0, 0.1) is 6.42 Å². The van der Waals surface area contributed by atoms with Gasteiger partial charge in [0.15, 0.2) is 0 Å². The van der Waals surface area contributed by atoms with E-state index in [1.807, 2.05) is 0 Å². The third-order valence-corrected chi connectivity index (χ3v) is 1.07. The molecule has 1 radical (unpaired) electrons. The van der Waals surface area contributed by atoms with E-state index < -0.39 is 0 Å². The van der Waals surface area contributed by atoms with Crippen molar-refractivity contribution in [1.29, 1.82) is 0 Å². The summed E-state index contributed by atoms with van der Waals surface area (Å²) in [6.07, 6.45) is 8.00. The molecule has 0 amide bonds. The van der Waals surface area contributed by atoms with E-state index in [1.54, 1.807) is 0 Å². The Labute approximate surface area is 82.1 Å². The molecule has 31 valence electrons. The molecule has 0 unspecified atom stereocenters. The molecule has 0 N–H and O–H groups in total. The minimum absolute atomic E-state index is 0. The van der Waals surface area contributed by atoms with Crippen molar-refractivity contribution >= 4 is 51.4 Å². The van der Waals surface area contributed by atoms with Gasteiger partial charge in [-0.1, -0.05) is 25.7 Å². The van der Waals surface area contributed by atoms with Gasteiger partial charge in [0.2, 0.25) is 0 Å².